The number of carbonyl (C=O) groups is 1. The average molecular weight is 417 g/mol. The molecule has 0 unspecified atom stereocenters. The quantitative estimate of drug-likeness (QED) is 0.473. The molecular formula is C18H13F2N5O3S. The van der Waals surface area contributed by atoms with Crippen molar-refractivity contribution >= 4 is 33.4 Å². The summed E-state index contributed by atoms with van der Waals surface area (Å²) in [7, 11) is 0. The summed E-state index contributed by atoms with van der Waals surface area (Å²) in [4.78, 5) is 44.4. The molecule has 4 rings (SSSR count). The number of nitrogens with zero attached hydrogens (tertiary/aromatic N) is 2. The van der Waals surface area contributed by atoms with Crippen molar-refractivity contribution in [1.29, 1.82) is 0 Å². The second-order valence-electron chi connectivity index (χ2n) is 6.27. The maximum Gasteiger partial charge on any atom is 0.326 e. The van der Waals surface area contributed by atoms with E-state index in [0.29, 0.717) is 11.2 Å². The zero-order valence-electron chi connectivity index (χ0n) is 14.9. The van der Waals surface area contributed by atoms with Gasteiger partial charge in [-0.1, -0.05) is 0 Å². The van der Waals surface area contributed by atoms with Crippen molar-refractivity contribution in [3.8, 4) is 11.3 Å². The van der Waals surface area contributed by atoms with Crippen LogP contribution in [0.5, 0.6) is 0 Å². The zero-order valence-corrected chi connectivity index (χ0v) is 15.7. The number of aromatic amines is 2. The molecule has 11 heteroatoms. The van der Waals surface area contributed by atoms with E-state index in [1.165, 1.54) is 35.9 Å². The molecule has 0 atom stereocenters. The van der Waals surface area contributed by atoms with Crippen LogP contribution < -0.4 is 16.6 Å². The first kappa shape index (κ1) is 18.7. The number of nitrogens with one attached hydrogen (secondary N) is 3. The van der Waals surface area contributed by atoms with E-state index in [2.05, 4.69) is 20.3 Å². The van der Waals surface area contributed by atoms with Crippen LogP contribution in [0.4, 0.5) is 13.9 Å². The molecule has 0 fully saturated rings. The van der Waals surface area contributed by atoms with Crippen LogP contribution in [0.25, 0.3) is 22.3 Å². The zero-order chi connectivity index (χ0) is 20.7. The number of aromatic nitrogens is 4. The standard InChI is InChI=1S/C18H13F2N5O3S/c1-8-10(19)4-9(5-11(8)20)13-7-29-18(22-13)23-14(26)6-25-3-2-12-15(25)16(27)24-17(28)21-12/h2-5,7H,6H2,1H3,(H,22,23,26)(H2,21,24,27,28). The average Bonchev–Trinajstić information content (AvgIpc) is 3.26. The van der Waals surface area contributed by atoms with Crippen molar-refractivity contribution < 1.29 is 13.6 Å². The van der Waals surface area contributed by atoms with Gasteiger partial charge in [0.1, 0.15) is 23.7 Å². The number of anilines is 1. The van der Waals surface area contributed by atoms with E-state index in [1.807, 2.05) is 0 Å². The molecule has 0 aliphatic carbocycles. The number of fused-ring (bicyclic) bond motifs is 1. The fraction of sp³-hybridized carbons (Fsp3) is 0.111. The van der Waals surface area contributed by atoms with Crippen LogP contribution in [0, 0.1) is 18.6 Å². The molecule has 0 radical (unpaired) electrons. The SMILES string of the molecule is Cc1c(F)cc(-c2csc(NC(=O)Cn3ccc4[nH]c(=O)[nH]c(=O)c43)n2)cc1F. The number of halogens is 2. The van der Waals surface area contributed by atoms with Gasteiger partial charge in [0.05, 0.1) is 11.2 Å². The molecule has 0 saturated carbocycles. The maximum absolute atomic E-state index is 13.8. The number of H-pyrrole nitrogens is 2. The molecule has 1 amide bonds. The number of hydrogen-bond donors (Lipinski definition) is 3. The Morgan fingerprint density at radius 3 is 2.69 bits per heavy atom. The van der Waals surface area contributed by atoms with Crippen LogP contribution in [0.15, 0.2) is 39.4 Å². The molecule has 0 bridgehead atoms. The Kier molecular flexibility index (Phi) is 4.59. The predicted molar refractivity (Wildman–Crippen MR) is 104 cm³/mol. The second-order valence-corrected chi connectivity index (χ2v) is 7.12. The third kappa shape index (κ3) is 3.59. The monoisotopic (exact) mass is 417 g/mol. The summed E-state index contributed by atoms with van der Waals surface area (Å²) in [6.45, 7) is 1.15. The minimum atomic E-state index is -0.679. The molecule has 29 heavy (non-hydrogen) atoms. The number of thiazole rings is 1. The van der Waals surface area contributed by atoms with E-state index in [0.717, 1.165) is 11.3 Å². The topological polar surface area (TPSA) is 113 Å². The first-order valence-electron chi connectivity index (χ1n) is 8.34. The summed E-state index contributed by atoms with van der Waals surface area (Å²) in [5.74, 6) is -1.82. The van der Waals surface area contributed by atoms with Gasteiger partial charge in [0.15, 0.2) is 5.13 Å². The normalized spacial score (nSPS) is 11.1. The van der Waals surface area contributed by atoms with Crippen LogP contribution in [-0.2, 0) is 11.3 Å². The molecule has 0 aliphatic rings. The summed E-state index contributed by atoms with van der Waals surface area (Å²) >= 11 is 1.10. The Morgan fingerprint density at radius 2 is 1.97 bits per heavy atom. The van der Waals surface area contributed by atoms with E-state index >= 15 is 0 Å². The van der Waals surface area contributed by atoms with Crippen molar-refractivity contribution in [2.75, 3.05) is 5.32 Å². The van der Waals surface area contributed by atoms with Crippen molar-refractivity contribution in [1.82, 2.24) is 19.5 Å². The Hall–Kier alpha value is -3.60. The van der Waals surface area contributed by atoms with Crippen molar-refractivity contribution in [3.05, 3.63) is 67.8 Å². The van der Waals surface area contributed by atoms with Gasteiger partial charge in [0, 0.05) is 22.7 Å². The van der Waals surface area contributed by atoms with Crippen molar-refractivity contribution in [2.24, 2.45) is 0 Å². The fourth-order valence-corrected chi connectivity index (χ4v) is 3.58. The van der Waals surface area contributed by atoms with E-state index in [-0.39, 0.29) is 28.3 Å². The Morgan fingerprint density at radius 1 is 1.24 bits per heavy atom. The highest BCUT2D eigenvalue weighted by Gasteiger charge is 2.14. The van der Waals surface area contributed by atoms with Crippen LogP contribution in [0.1, 0.15) is 5.56 Å². The minimum Gasteiger partial charge on any atom is -0.332 e. The van der Waals surface area contributed by atoms with Gasteiger partial charge in [-0.15, -0.1) is 11.3 Å². The number of carbonyl (C=O) groups excluding carboxylic acids is 1. The van der Waals surface area contributed by atoms with Gasteiger partial charge >= 0.3 is 5.69 Å². The number of amides is 1. The molecule has 4 aromatic rings. The molecule has 3 N–H and O–H groups in total. The van der Waals surface area contributed by atoms with Gasteiger partial charge in [-0.05, 0) is 25.1 Å². The summed E-state index contributed by atoms with van der Waals surface area (Å²) in [5.41, 5.74) is -0.271. The number of rotatable bonds is 4. The highest BCUT2D eigenvalue weighted by Crippen LogP contribution is 2.27. The van der Waals surface area contributed by atoms with Gasteiger partial charge < -0.3 is 14.9 Å². The fourth-order valence-electron chi connectivity index (χ4n) is 2.84. The lowest BCUT2D eigenvalue weighted by Gasteiger charge is -2.05. The Balaban J connectivity index is 1.53. The van der Waals surface area contributed by atoms with Crippen molar-refractivity contribution in [2.45, 2.75) is 13.5 Å². The summed E-state index contributed by atoms with van der Waals surface area (Å²) in [6, 6.07) is 3.87. The lowest BCUT2D eigenvalue weighted by molar-refractivity contribution is -0.116. The van der Waals surface area contributed by atoms with Gasteiger partial charge in [-0.2, -0.15) is 0 Å². The lowest BCUT2D eigenvalue weighted by Crippen LogP contribution is -2.25. The molecule has 0 spiro atoms. The van der Waals surface area contributed by atoms with Crippen LogP contribution in [-0.4, -0.2) is 25.4 Å². The Bertz CT molecular complexity index is 1340. The van der Waals surface area contributed by atoms with E-state index in [4.69, 9.17) is 0 Å². The predicted octanol–water partition coefficient (Wildman–Crippen LogP) is 2.37. The first-order valence-corrected chi connectivity index (χ1v) is 9.22. The van der Waals surface area contributed by atoms with Gasteiger partial charge in [-0.3, -0.25) is 14.6 Å². The second kappa shape index (κ2) is 7.09. The molecule has 3 heterocycles. The number of hydrogen-bond acceptors (Lipinski definition) is 5. The summed E-state index contributed by atoms with van der Waals surface area (Å²) < 4.78 is 28.9. The molecule has 8 nitrogen and oxygen atoms in total. The van der Waals surface area contributed by atoms with E-state index in [9.17, 15) is 23.2 Å². The molecule has 148 valence electrons. The first-order chi connectivity index (χ1) is 13.8. The third-order valence-electron chi connectivity index (χ3n) is 4.30. The van der Waals surface area contributed by atoms with Crippen LogP contribution in [0.3, 0.4) is 0 Å². The molecule has 0 aliphatic heterocycles. The van der Waals surface area contributed by atoms with E-state index < -0.39 is 28.8 Å². The third-order valence-corrected chi connectivity index (χ3v) is 5.05. The van der Waals surface area contributed by atoms with Crippen LogP contribution >= 0.6 is 11.3 Å². The van der Waals surface area contributed by atoms with E-state index in [1.54, 1.807) is 5.38 Å². The Labute approximate surface area is 164 Å². The smallest absolute Gasteiger partial charge is 0.326 e. The summed E-state index contributed by atoms with van der Waals surface area (Å²) in [6.07, 6.45) is 1.50. The molecule has 3 aromatic heterocycles. The largest absolute Gasteiger partial charge is 0.332 e. The number of benzene rings is 1. The lowest BCUT2D eigenvalue weighted by atomic mass is 10.1. The van der Waals surface area contributed by atoms with Gasteiger partial charge in [0.25, 0.3) is 5.56 Å². The highest BCUT2D eigenvalue weighted by atomic mass is 32.1. The molecule has 1 aromatic carbocycles. The minimum absolute atomic E-state index is 0.0761. The maximum atomic E-state index is 13.8. The molecular weight excluding hydrogens is 404 g/mol. The summed E-state index contributed by atoms with van der Waals surface area (Å²) in [5, 5.41) is 4.39. The van der Waals surface area contributed by atoms with Crippen LogP contribution in [0.2, 0.25) is 0 Å². The highest BCUT2D eigenvalue weighted by molar-refractivity contribution is 7.14. The van der Waals surface area contributed by atoms with Gasteiger partial charge in [0.2, 0.25) is 5.91 Å². The van der Waals surface area contributed by atoms with Gasteiger partial charge in [-0.25, -0.2) is 18.6 Å². The van der Waals surface area contributed by atoms with Crippen molar-refractivity contribution in [3.63, 3.8) is 0 Å². The molecule has 0 saturated heterocycles.